The van der Waals surface area contributed by atoms with Crippen molar-refractivity contribution in [1.29, 1.82) is 0 Å². The first-order valence-corrected chi connectivity index (χ1v) is 8.33. The van der Waals surface area contributed by atoms with E-state index in [-0.39, 0.29) is 12.8 Å². The normalized spacial score (nSPS) is 11.4. The summed E-state index contributed by atoms with van der Waals surface area (Å²) in [6.45, 7) is 0. The Morgan fingerprint density at radius 1 is 1.00 bits per heavy atom. The highest BCUT2D eigenvalue weighted by Gasteiger charge is 2.19. The third-order valence-electron chi connectivity index (χ3n) is 4.10. The van der Waals surface area contributed by atoms with Crippen LogP contribution in [0.2, 0.25) is 0 Å². The largest absolute Gasteiger partial charge is 0.550 e. The topological polar surface area (TPSA) is 96.9 Å². The minimum Gasteiger partial charge on any atom is -0.550 e. The summed E-state index contributed by atoms with van der Waals surface area (Å²) in [5, 5.41) is 14.2. The third kappa shape index (κ3) is 5.37. The molecular formula is C20H22NO6-. The molecule has 27 heavy (non-hydrogen) atoms. The number of carboxylic acids is 1. The molecule has 2 rings (SSSR count). The first-order chi connectivity index (χ1) is 13.0. The second-order valence-corrected chi connectivity index (χ2v) is 5.85. The van der Waals surface area contributed by atoms with Gasteiger partial charge in [-0.1, -0.05) is 18.2 Å². The van der Waals surface area contributed by atoms with Crippen LogP contribution < -0.4 is 24.6 Å². The lowest BCUT2D eigenvalue weighted by Gasteiger charge is -2.19. The highest BCUT2D eigenvalue weighted by Crippen LogP contribution is 2.29. The van der Waals surface area contributed by atoms with Crippen LogP contribution in [0.4, 0.5) is 5.69 Å². The quantitative estimate of drug-likeness (QED) is 0.719. The van der Waals surface area contributed by atoms with Crippen LogP contribution in [-0.4, -0.2) is 33.2 Å². The molecule has 2 aromatic carbocycles. The van der Waals surface area contributed by atoms with E-state index >= 15 is 0 Å². The van der Waals surface area contributed by atoms with Gasteiger partial charge in [0, 0.05) is 24.4 Å². The van der Waals surface area contributed by atoms with Gasteiger partial charge in [-0.05, 0) is 30.2 Å². The number of nitrogens with one attached hydrogen (secondary N) is 1. The molecule has 0 aromatic heterocycles. The Bertz CT molecular complexity index is 805. The summed E-state index contributed by atoms with van der Waals surface area (Å²) in [7, 11) is 4.49. The zero-order valence-corrected chi connectivity index (χ0v) is 15.5. The van der Waals surface area contributed by atoms with E-state index in [1.54, 1.807) is 42.5 Å². The van der Waals surface area contributed by atoms with Crippen LogP contribution in [0.15, 0.2) is 42.5 Å². The second kappa shape index (κ2) is 9.47. The Morgan fingerprint density at radius 2 is 1.70 bits per heavy atom. The molecule has 1 N–H and O–H groups in total. The fourth-order valence-electron chi connectivity index (χ4n) is 2.71. The predicted octanol–water partition coefficient (Wildman–Crippen LogP) is 1.65. The molecule has 0 aliphatic carbocycles. The molecule has 1 amide bonds. The Morgan fingerprint density at radius 3 is 2.33 bits per heavy atom. The molecule has 1 unspecified atom stereocenters. The van der Waals surface area contributed by atoms with Crippen molar-refractivity contribution < 1.29 is 28.9 Å². The summed E-state index contributed by atoms with van der Waals surface area (Å²) in [5.74, 6) is -1.22. The van der Waals surface area contributed by atoms with E-state index in [9.17, 15) is 14.7 Å². The maximum absolute atomic E-state index is 12.4. The smallest absolute Gasteiger partial charge is 0.225 e. The number of rotatable bonds is 9. The van der Waals surface area contributed by atoms with Crippen molar-refractivity contribution in [2.45, 2.75) is 12.8 Å². The highest BCUT2D eigenvalue weighted by molar-refractivity contribution is 5.94. The van der Waals surface area contributed by atoms with Gasteiger partial charge in [-0.3, -0.25) is 4.79 Å². The molecule has 0 saturated heterocycles. The number of aliphatic carboxylic acids is 1. The molecule has 2 aromatic rings. The first-order valence-electron chi connectivity index (χ1n) is 8.33. The number of carboxylic acid groups (broad SMARTS) is 1. The minimum absolute atomic E-state index is 0.120. The maximum Gasteiger partial charge on any atom is 0.225 e. The number of carbonyl (C=O) groups excluding carboxylic acids is 2. The number of methoxy groups -OCH3 is 3. The minimum atomic E-state index is -1.30. The van der Waals surface area contributed by atoms with E-state index in [0.717, 1.165) is 0 Å². The van der Waals surface area contributed by atoms with E-state index in [1.165, 1.54) is 21.3 Å². The first kappa shape index (κ1) is 20.1. The highest BCUT2D eigenvalue weighted by atomic mass is 16.5. The molecule has 144 valence electrons. The van der Waals surface area contributed by atoms with Crippen LogP contribution in [0.1, 0.15) is 12.0 Å². The number of ether oxygens (including phenoxy) is 3. The van der Waals surface area contributed by atoms with Crippen LogP contribution in [0.25, 0.3) is 0 Å². The maximum atomic E-state index is 12.4. The second-order valence-electron chi connectivity index (χ2n) is 5.85. The Kier molecular flexibility index (Phi) is 7.05. The molecule has 0 spiro atoms. The Labute approximate surface area is 157 Å². The molecule has 0 radical (unpaired) electrons. The number of hydrogen-bond donors (Lipinski definition) is 1. The summed E-state index contributed by atoms with van der Waals surface area (Å²) in [6.07, 6.45) is -0.129. The standard InChI is InChI=1S/C20H23NO6/c1-25-15-8-9-18(27-3)16(12-15)21-19(22)11-14(20(23)24)10-13-6-4-5-7-17(13)26-2/h4-9,12,14H,10-11H2,1-3H3,(H,21,22)(H,23,24)/p-1. The van der Waals surface area contributed by atoms with E-state index in [1.807, 2.05) is 0 Å². The fraction of sp³-hybridized carbons (Fsp3) is 0.300. The lowest BCUT2D eigenvalue weighted by Crippen LogP contribution is -2.35. The molecular weight excluding hydrogens is 350 g/mol. The number of para-hydroxylation sites is 1. The van der Waals surface area contributed by atoms with Crippen molar-refractivity contribution in [1.82, 2.24) is 0 Å². The Hall–Kier alpha value is -3.22. The van der Waals surface area contributed by atoms with E-state index in [4.69, 9.17) is 14.2 Å². The van der Waals surface area contributed by atoms with Gasteiger partial charge in [-0.15, -0.1) is 0 Å². The number of carbonyl (C=O) groups is 2. The predicted molar refractivity (Wildman–Crippen MR) is 98.0 cm³/mol. The summed E-state index contributed by atoms with van der Waals surface area (Å²) in [6, 6.07) is 12.0. The number of amides is 1. The molecule has 0 saturated carbocycles. The van der Waals surface area contributed by atoms with Gasteiger partial charge < -0.3 is 29.4 Å². The van der Waals surface area contributed by atoms with Gasteiger partial charge >= 0.3 is 0 Å². The van der Waals surface area contributed by atoms with Gasteiger partial charge in [0.15, 0.2) is 0 Å². The van der Waals surface area contributed by atoms with E-state index in [0.29, 0.717) is 28.5 Å². The van der Waals surface area contributed by atoms with Crippen molar-refractivity contribution in [3.05, 3.63) is 48.0 Å². The third-order valence-corrected chi connectivity index (χ3v) is 4.10. The van der Waals surface area contributed by atoms with E-state index in [2.05, 4.69) is 5.32 Å². The monoisotopic (exact) mass is 372 g/mol. The van der Waals surface area contributed by atoms with Gasteiger partial charge in [0.1, 0.15) is 17.2 Å². The molecule has 7 nitrogen and oxygen atoms in total. The van der Waals surface area contributed by atoms with Gasteiger partial charge in [0.25, 0.3) is 0 Å². The Balaban J connectivity index is 2.13. The fourth-order valence-corrected chi connectivity index (χ4v) is 2.71. The van der Waals surface area contributed by atoms with Crippen molar-refractivity contribution in [3.63, 3.8) is 0 Å². The van der Waals surface area contributed by atoms with Gasteiger partial charge in [0.2, 0.25) is 5.91 Å². The number of anilines is 1. The molecule has 0 aliphatic rings. The molecule has 1 atom stereocenters. The van der Waals surface area contributed by atoms with Crippen molar-refractivity contribution in [3.8, 4) is 17.2 Å². The summed E-state index contributed by atoms with van der Waals surface area (Å²) < 4.78 is 15.6. The van der Waals surface area contributed by atoms with Gasteiger partial charge in [-0.2, -0.15) is 0 Å². The zero-order chi connectivity index (χ0) is 19.8. The molecule has 0 aliphatic heterocycles. The van der Waals surface area contributed by atoms with Crippen molar-refractivity contribution in [2.24, 2.45) is 5.92 Å². The molecule has 0 fully saturated rings. The molecule has 0 heterocycles. The average molecular weight is 372 g/mol. The van der Waals surface area contributed by atoms with Gasteiger partial charge in [0.05, 0.1) is 27.0 Å². The number of hydrogen-bond acceptors (Lipinski definition) is 6. The zero-order valence-electron chi connectivity index (χ0n) is 15.5. The summed E-state index contributed by atoms with van der Waals surface area (Å²) in [5.41, 5.74) is 1.09. The summed E-state index contributed by atoms with van der Waals surface area (Å²) >= 11 is 0. The van der Waals surface area contributed by atoms with Crippen LogP contribution in [0, 0.1) is 5.92 Å². The van der Waals surface area contributed by atoms with Crippen LogP contribution in [-0.2, 0) is 16.0 Å². The van der Waals surface area contributed by atoms with E-state index < -0.39 is 17.8 Å². The SMILES string of the molecule is COc1ccc(OC)c(NC(=O)CC(Cc2ccccc2OC)C(=O)[O-])c1. The molecule has 7 heteroatoms. The van der Waals surface area contributed by atoms with Crippen molar-refractivity contribution >= 4 is 17.6 Å². The van der Waals surface area contributed by atoms with Crippen LogP contribution in [0.3, 0.4) is 0 Å². The van der Waals surface area contributed by atoms with Crippen LogP contribution in [0.5, 0.6) is 17.2 Å². The lowest BCUT2D eigenvalue weighted by atomic mass is 9.95. The average Bonchev–Trinajstić information content (AvgIpc) is 2.67. The summed E-state index contributed by atoms with van der Waals surface area (Å²) in [4.78, 5) is 23.9. The number of benzene rings is 2. The van der Waals surface area contributed by atoms with Crippen LogP contribution >= 0.6 is 0 Å². The lowest BCUT2D eigenvalue weighted by molar-refractivity contribution is -0.311. The molecule has 0 bridgehead atoms. The van der Waals surface area contributed by atoms with Crippen molar-refractivity contribution in [2.75, 3.05) is 26.6 Å². The van der Waals surface area contributed by atoms with Gasteiger partial charge in [-0.25, -0.2) is 0 Å².